The molecule has 5 rings (SSSR count). The van der Waals surface area contributed by atoms with Crippen LogP contribution in [-0.2, 0) is 6.54 Å². The van der Waals surface area contributed by atoms with Crippen molar-refractivity contribution in [2.24, 2.45) is 4.99 Å². The molecule has 1 atom stereocenters. The summed E-state index contributed by atoms with van der Waals surface area (Å²) >= 11 is 6.33. The molecule has 0 aliphatic carbocycles. The molecule has 0 radical (unpaired) electrons. The molecule has 1 saturated heterocycles. The minimum Gasteiger partial charge on any atom is -0.508 e. The standard InChI is InChI=1S/C29H32ClN3O/c1-20-8-10-24(21(2)16-20)26-18-27(25-17-23(30)9-11-28(25)34)32-29(31-26)12-14-33(15-13-29)19-22-6-4-3-5-7-22/h3-11,16-17,27,32,34H,12-15,18-19H2,1-2H3/t27-/m1/s1. The lowest BCUT2D eigenvalue weighted by Crippen LogP contribution is -2.55. The second kappa shape index (κ2) is 9.53. The first kappa shape index (κ1) is 23.1. The van der Waals surface area contributed by atoms with Crippen molar-refractivity contribution in [3.63, 3.8) is 0 Å². The molecule has 0 saturated carbocycles. The SMILES string of the molecule is Cc1ccc(C2=NC3(CCN(Cc4ccccc4)CC3)N[C@@H](c3cc(Cl)ccc3O)C2)c(C)c1. The predicted octanol–water partition coefficient (Wildman–Crippen LogP) is 6.18. The van der Waals surface area contributed by atoms with Crippen LogP contribution in [0.4, 0.5) is 0 Å². The summed E-state index contributed by atoms with van der Waals surface area (Å²) in [4.78, 5) is 7.88. The highest BCUT2D eigenvalue weighted by atomic mass is 35.5. The van der Waals surface area contributed by atoms with Gasteiger partial charge in [-0.3, -0.25) is 15.2 Å². The molecule has 34 heavy (non-hydrogen) atoms. The van der Waals surface area contributed by atoms with Crippen LogP contribution < -0.4 is 5.32 Å². The number of nitrogens with zero attached hydrogens (tertiary/aromatic N) is 2. The van der Waals surface area contributed by atoms with Crippen molar-refractivity contribution in [3.05, 3.63) is 99.6 Å². The summed E-state index contributed by atoms with van der Waals surface area (Å²) in [6.45, 7) is 7.19. The zero-order valence-electron chi connectivity index (χ0n) is 19.9. The second-order valence-electron chi connectivity index (χ2n) is 9.77. The fraction of sp³-hybridized carbons (Fsp3) is 0.345. The topological polar surface area (TPSA) is 47.9 Å². The van der Waals surface area contributed by atoms with Gasteiger partial charge in [0.05, 0.1) is 0 Å². The molecule has 3 aromatic rings. The van der Waals surface area contributed by atoms with E-state index in [-0.39, 0.29) is 17.5 Å². The first-order valence-electron chi connectivity index (χ1n) is 12.1. The molecular formula is C29H32ClN3O. The van der Waals surface area contributed by atoms with Gasteiger partial charge in [0.2, 0.25) is 0 Å². The third-order valence-electron chi connectivity index (χ3n) is 7.18. The third-order valence-corrected chi connectivity index (χ3v) is 7.41. The second-order valence-corrected chi connectivity index (χ2v) is 10.2. The predicted molar refractivity (Wildman–Crippen MR) is 140 cm³/mol. The van der Waals surface area contributed by atoms with E-state index in [0.717, 1.165) is 43.8 Å². The number of aromatic hydroxyl groups is 1. The van der Waals surface area contributed by atoms with E-state index < -0.39 is 0 Å². The van der Waals surface area contributed by atoms with Gasteiger partial charge in [-0.05, 0) is 61.6 Å². The van der Waals surface area contributed by atoms with Crippen LogP contribution in [0.15, 0.2) is 71.7 Å². The Morgan fingerprint density at radius 1 is 1.03 bits per heavy atom. The molecule has 1 spiro atoms. The highest BCUT2D eigenvalue weighted by molar-refractivity contribution is 6.30. The maximum absolute atomic E-state index is 10.7. The number of piperidine rings is 1. The summed E-state index contributed by atoms with van der Waals surface area (Å²) < 4.78 is 0. The van der Waals surface area contributed by atoms with Gasteiger partial charge in [0, 0.05) is 48.4 Å². The van der Waals surface area contributed by atoms with E-state index in [0.29, 0.717) is 11.4 Å². The fourth-order valence-electron chi connectivity index (χ4n) is 5.38. The lowest BCUT2D eigenvalue weighted by Gasteiger charge is -2.45. The Hall–Kier alpha value is -2.66. The number of likely N-dealkylation sites (tertiary alicyclic amines) is 1. The van der Waals surface area contributed by atoms with Crippen LogP contribution >= 0.6 is 11.6 Å². The first-order valence-corrected chi connectivity index (χ1v) is 12.5. The first-order chi connectivity index (χ1) is 16.4. The lowest BCUT2D eigenvalue weighted by molar-refractivity contribution is 0.119. The van der Waals surface area contributed by atoms with Gasteiger partial charge in [-0.25, -0.2) is 0 Å². The number of halogens is 1. The molecule has 1 fully saturated rings. The molecule has 5 heteroatoms. The molecule has 2 N–H and O–H groups in total. The Morgan fingerprint density at radius 3 is 2.53 bits per heavy atom. The number of aliphatic imine (C=N–C) groups is 1. The van der Waals surface area contributed by atoms with Gasteiger partial charge in [-0.1, -0.05) is 65.7 Å². The fourth-order valence-corrected chi connectivity index (χ4v) is 5.56. The Kier molecular flexibility index (Phi) is 6.48. The molecule has 2 aliphatic heterocycles. The summed E-state index contributed by atoms with van der Waals surface area (Å²) in [5.41, 5.74) is 6.64. The number of aryl methyl sites for hydroxylation is 2. The third kappa shape index (κ3) is 4.90. The van der Waals surface area contributed by atoms with Gasteiger partial charge in [-0.2, -0.15) is 0 Å². The van der Waals surface area contributed by atoms with E-state index in [1.165, 1.54) is 22.3 Å². The van der Waals surface area contributed by atoms with Crippen molar-refractivity contribution in [1.29, 1.82) is 0 Å². The number of rotatable bonds is 4. The normalized spacial score (nSPS) is 20.3. The van der Waals surface area contributed by atoms with Crippen molar-refractivity contribution in [3.8, 4) is 5.75 Å². The minimum absolute atomic E-state index is 0.0485. The largest absolute Gasteiger partial charge is 0.508 e. The molecule has 0 bridgehead atoms. The van der Waals surface area contributed by atoms with E-state index in [1.54, 1.807) is 12.1 Å². The van der Waals surface area contributed by atoms with Crippen LogP contribution in [0.25, 0.3) is 0 Å². The number of hydrogen-bond acceptors (Lipinski definition) is 4. The van der Waals surface area contributed by atoms with Crippen LogP contribution in [0.5, 0.6) is 5.75 Å². The van der Waals surface area contributed by atoms with Gasteiger partial charge in [-0.15, -0.1) is 0 Å². The molecular weight excluding hydrogens is 442 g/mol. The summed E-state index contributed by atoms with van der Waals surface area (Å²) in [6.07, 6.45) is 2.56. The summed E-state index contributed by atoms with van der Waals surface area (Å²) in [7, 11) is 0. The highest BCUT2D eigenvalue weighted by Crippen LogP contribution is 2.39. The number of hydrogen-bond donors (Lipinski definition) is 2. The number of phenolic OH excluding ortho intramolecular Hbond substituents is 1. The zero-order chi connectivity index (χ0) is 23.7. The van der Waals surface area contributed by atoms with Gasteiger partial charge >= 0.3 is 0 Å². The number of benzene rings is 3. The monoisotopic (exact) mass is 473 g/mol. The van der Waals surface area contributed by atoms with E-state index in [1.807, 2.05) is 6.07 Å². The van der Waals surface area contributed by atoms with E-state index >= 15 is 0 Å². The summed E-state index contributed by atoms with van der Waals surface area (Å²) in [5, 5.41) is 15.2. The lowest BCUT2D eigenvalue weighted by atomic mass is 9.86. The van der Waals surface area contributed by atoms with Crippen LogP contribution in [0.2, 0.25) is 5.02 Å². The Labute approximate surface area is 207 Å². The van der Waals surface area contributed by atoms with E-state index in [9.17, 15) is 5.11 Å². The summed E-state index contributed by atoms with van der Waals surface area (Å²) in [5.74, 6) is 0.278. The average molecular weight is 474 g/mol. The van der Waals surface area contributed by atoms with Crippen molar-refractivity contribution in [2.45, 2.75) is 51.4 Å². The molecule has 176 valence electrons. The summed E-state index contributed by atoms with van der Waals surface area (Å²) in [6, 6.07) is 22.5. The number of phenols is 1. The maximum Gasteiger partial charge on any atom is 0.120 e. The average Bonchev–Trinajstić information content (AvgIpc) is 2.83. The molecule has 3 aromatic carbocycles. The van der Waals surface area contributed by atoms with Crippen molar-refractivity contribution < 1.29 is 5.11 Å². The Morgan fingerprint density at radius 2 is 1.79 bits per heavy atom. The van der Waals surface area contributed by atoms with Crippen molar-refractivity contribution >= 4 is 17.3 Å². The van der Waals surface area contributed by atoms with Gasteiger partial charge in [0.25, 0.3) is 0 Å². The van der Waals surface area contributed by atoms with Crippen molar-refractivity contribution in [2.75, 3.05) is 13.1 Å². The van der Waals surface area contributed by atoms with Gasteiger partial charge in [0.15, 0.2) is 0 Å². The maximum atomic E-state index is 10.7. The van der Waals surface area contributed by atoms with Crippen molar-refractivity contribution in [1.82, 2.24) is 10.2 Å². The van der Waals surface area contributed by atoms with Crippen LogP contribution in [0.3, 0.4) is 0 Å². The highest BCUT2D eigenvalue weighted by Gasteiger charge is 2.40. The molecule has 0 unspecified atom stereocenters. The molecule has 0 amide bonds. The quantitative estimate of drug-likeness (QED) is 0.475. The smallest absolute Gasteiger partial charge is 0.120 e. The van der Waals surface area contributed by atoms with Crippen LogP contribution in [0.1, 0.15) is 53.1 Å². The Balaban J connectivity index is 1.45. The molecule has 2 heterocycles. The van der Waals surface area contributed by atoms with E-state index in [4.69, 9.17) is 16.6 Å². The molecule has 2 aliphatic rings. The van der Waals surface area contributed by atoms with E-state index in [2.05, 4.69) is 72.6 Å². The molecule has 4 nitrogen and oxygen atoms in total. The minimum atomic E-state index is -0.350. The Bertz CT molecular complexity index is 1200. The number of nitrogens with one attached hydrogen (secondary N) is 1. The van der Waals surface area contributed by atoms with Gasteiger partial charge in [0.1, 0.15) is 11.4 Å². The molecule has 0 aromatic heterocycles. The van der Waals surface area contributed by atoms with Crippen LogP contribution in [0, 0.1) is 13.8 Å². The zero-order valence-corrected chi connectivity index (χ0v) is 20.6. The van der Waals surface area contributed by atoms with Crippen LogP contribution in [-0.4, -0.2) is 34.5 Å². The van der Waals surface area contributed by atoms with Gasteiger partial charge < -0.3 is 5.11 Å².